The topological polar surface area (TPSA) is 77.1 Å². The third kappa shape index (κ3) is 3.74. The fourth-order valence-electron chi connectivity index (χ4n) is 1.47. The van der Waals surface area contributed by atoms with Crippen molar-refractivity contribution in [2.45, 2.75) is 12.1 Å². The van der Waals surface area contributed by atoms with Crippen molar-refractivity contribution >= 4 is 11.8 Å². The van der Waals surface area contributed by atoms with Crippen LogP contribution < -0.4 is 15.0 Å². The SMILES string of the molecule is COc1ccccc1OCCSc1nnc(C)c(=O)[nH]1. The summed E-state index contributed by atoms with van der Waals surface area (Å²) in [7, 11) is 1.60. The molecule has 0 unspecified atom stereocenters. The standard InChI is InChI=1S/C13H15N3O3S/c1-9-12(17)14-13(16-15-9)20-8-7-19-11-6-4-3-5-10(11)18-2/h3-6H,7-8H2,1-2H3,(H,14,16,17). The quantitative estimate of drug-likeness (QED) is 0.644. The molecule has 0 aliphatic rings. The van der Waals surface area contributed by atoms with Crippen molar-refractivity contribution < 1.29 is 9.47 Å². The highest BCUT2D eigenvalue weighted by atomic mass is 32.2. The number of nitrogens with zero attached hydrogens (tertiary/aromatic N) is 2. The van der Waals surface area contributed by atoms with Crippen LogP contribution >= 0.6 is 11.8 Å². The number of ether oxygens (including phenoxy) is 2. The number of thioether (sulfide) groups is 1. The average molecular weight is 293 g/mol. The number of para-hydroxylation sites is 2. The van der Waals surface area contributed by atoms with Crippen LogP contribution in [0.3, 0.4) is 0 Å². The molecule has 0 aliphatic heterocycles. The Labute approximate surface area is 120 Å². The molecule has 20 heavy (non-hydrogen) atoms. The summed E-state index contributed by atoms with van der Waals surface area (Å²) >= 11 is 1.38. The van der Waals surface area contributed by atoms with Gasteiger partial charge in [0.05, 0.1) is 13.7 Å². The van der Waals surface area contributed by atoms with Gasteiger partial charge in [0, 0.05) is 5.75 Å². The van der Waals surface area contributed by atoms with Crippen LogP contribution in [0.15, 0.2) is 34.2 Å². The van der Waals surface area contributed by atoms with Crippen molar-refractivity contribution in [3.05, 3.63) is 40.3 Å². The van der Waals surface area contributed by atoms with Gasteiger partial charge in [-0.05, 0) is 19.1 Å². The molecule has 0 bridgehead atoms. The molecule has 1 heterocycles. The maximum absolute atomic E-state index is 11.4. The number of rotatable bonds is 6. The zero-order chi connectivity index (χ0) is 14.4. The highest BCUT2D eigenvalue weighted by molar-refractivity contribution is 7.99. The molecule has 0 amide bonds. The van der Waals surface area contributed by atoms with E-state index < -0.39 is 0 Å². The van der Waals surface area contributed by atoms with Gasteiger partial charge in [0.1, 0.15) is 5.69 Å². The minimum absolute atomic E-state index is 0.215. The van der Waals surface area contributed by atoms with Gasteiger partial charge in [0.2, 0.25) is 0 Å². The number of hydrogen-bond acceptors (Lipinski definition) is 6. The second-order valence-electron chi connectivity index (χ2n) is 3.89. The molecule has 2 rings (SSSR count). The van der Waals surface area contributed by atoms with E-state index in [1.165, 1.54) is 11.8 Å². The molecular weight excluding hydrogens is 278 g/mol. The molecule has 0 radical (unpaired) electrons. The Morgan fingerprint density at radius 3 is 2.70 bits per heavy atom. The minimum atomic E-state index is -0.215. The zero-order valence-corrected chi connectivity index (χ0v) is 12.1. The number of benzene rings is 1. The van der Waals surface area contributed by atoms with Crippen LogP contribution in [0.1, 0.15) is 5.69 Å². The molecule has 1 N–H and O–H groups in total. The van der Waals surface area contributed by atoms with E-state index in [0.29, 0.717) is 34.7 Å². The predicted molar refractivity (Wildman–Crippen MR) is 76.6 cm³/mol. The number of methoxy groups -OCH3 is 1. The van der Waals surface area contributed by atoms with E-state index in [4.69, 9.17) is 9.47 Å². The van der Waals surface area contributed by atoms with Gasteiger partial charge < -0.3 is 9.47 Å². The first-order valence-electron chi connectivity index (χ1n) is 6.03. The Balaban J connectivity index is 1.84. The molecular formula is C13H15N3O3S. The molecule has 0 fully saturated rings. The number of hydrogen-bond donors (Lipinski definition) is 1. The second-order valence-corrected chi connectivity index (χ2v) is 4.98. The zero-order valence-electron chi connectivity index (χ0n) is 11.3. The van der Waals surface area contributed by atoms with Gasteiger partial charge in [-0.3, -0.25) is 9.78 Å². The van der Waals surface area contributed by atoms with E-state index in [1.807, 2.05) is 24.3 Å². The van der Waals surface area contributed by atoms with E-state index in [-0.39, 0.29) is 5.56 Å². The first-order valence-corrected chi connectivity index (χ1v) is 7.01. The van der Waals surface area contributed by atoms with Gasteiger partial charge in [0.25, 0.3) is 5.56 Å². The fraction of sp³-hybridized carbons (Fsp3) is 0.308. The van der Waals surface area contributed by atoms with Crippen molar-refractivity contribution in [3.63, 3.8) is 0 Å². The monoisotopic (exact) mass is 293 g/mol. The summed E-state index contributed by atoms with van der Waals surface area (Å²) in [6, 6.07) is 7.45. The first-order chi connectivity index (χ1) is 9.70. The summed E-state index contributed by atoms with van der Waals surface area (Å²) in [5, 5.41) is 8.15. The van der Waals surface area contributed by atoms with E-state index in [0.717, 1.165) is 0 Å². The lowest BCUT2D eigenvalue weighted by Crippen LogP contribution is -2.14. The smallest absolute Gasteiger partial charge is 0.273 e. The second kappa shape index (κ2) is 6.95. The molecule has 0 spiro atoms. The minimum Gasteiger partial charge on any atom is -0.493 e. The van der Waals surface area contributed by atoms with Gasteiger partial charge in [0.15, 0.2) is 16.7 Å². The Bertz CT molecular complexity index is 630. The first kappa shape index (κ1) is 14.4. The van der Waals surface area contributed by atoms with Crippen molar-refractivity contribution in [2.24, 2.45) is 0 Å². The third-order valence-electron chi connectivity index (χ3n) is 2.49. The summed E-state index contributed by atoms with van der Waals surface area (Å²) in [6.07, 6.45) is 0. The molecule has 7 heteroatoms. The highest BCUT2D eigenvalue weighted by Crippen LogP contribution is 2.25. The van der Waals surface area contributed by atoms with Crippen LogP contribution in [0, 0.1) is 6.92 Å². The van der Waals surface area contributed by atoms with Crippen LogP contribution in [0.25, 0.3) is 0 Å². The van der Waals surface area contributed by atoms with Gasteiger partial charge in [-0.15, -0.1) is 10.2 Å². The van der Waals surface area contributed by atoms with E-state index >= 15 is 0 Å². The lowest BCUT2D eigenvalue weighted by atomic mass is 10.3. The number of aromatic nitrogens is 3. The van der Waals surface area contributed by atoms with Crippen molar-refractivity contribution in [2.75, 3.05) is 19.5 Å². The van der Waals surface area contributed by atoms with Crippen molar-refractivity contribution in [3.8, 4) is 11.5 Å². The molecule has 2 aromatic rings. The summed E-state index contributed by atoms with van der Waals surface area (Å²) in [4.78, 5) is 14.0. The van der Waals surface area contributed by atoms with Crippen LogP contribution in [0.2, 0.25) is 0 Å². The molecule has 0 aliphatic carbocycles. The largest absolute Gasteiger partial charge is 0.493 e. The Hall–Kier alpha value is -2.02. The fourth-order valence-corrected chi connectivity index (χ4v) is 2.09. The molecule has 6 nitrogen and oxygen atoms in total. The van der Waals surface area contributed by atoms with E-state index in [2.05, 4.69) is 15.2 Å². The lowest BCUT2D eigenvalue weighted by molar-refractivity contribution is 0.313. The highest BCUT2D eigenvalue weighted by Gasteiger charge is 2.04. The Morgan fingerprint density at radius 1 is 1.25 bits per heavy atom. The van der Waals surface area contributed by atoms with Crippen LogP contribution in [0.4, 0.5) is 0 Å². The Kier molecular flexibility index (Phi) is 5.00. The van der Waals surface area contributed by atoms with Gasteiger partial charge in [-0.2, -0.15) is 0 Å². The molecule has 0 saturated carbocycles. The van der Waals surface area contributed by atoms with Crippen LogP contribution in [-0.4, -0.2) is 34.7 Å². The van der Waals surface area contributed by atoms with Gasteiger partial charge in [-0.1, -0.05) is 23.9 Å². The summed E-state index contributed by atoms with van der Waals surface area (Å²) in [5.41, 5.74) is 0.146. The van der Waals surface area contributed by atoms with Gasteiger partial charge in [-0.25, -0.2) is 0 Å². The molecule has 1 aromatic heterocycles. The number of aromatic amines is 1. The lowest BCUT2D eigenvalue weighted by Gasteiger charge is -2.09. The summed E-state index contributed by atoms with van der Waals surface area (Å²) < 4.78 is 10.8. The normalized spacial score (nSPS) is 10.3. The predicted octanol–water partition coefficient (Wildman–Crippen LogP) is 1.65. The third-order valence-corrected chi connectivity index (χ3v) is 3.32. The maximum atomic E-state index is 11.4. The Morgan fingerprint density at radius 2 is 2.00 bits per heavy atom. The van der Waals surface area contributed by atoms with Crippen molar-refractivity contribution in [1.29, 1.82) is 0 Å². The molecule has 0 atom stereocenters. The average Bonchev–Trinajstić information content (AvgIpc) is 2.47. The molecule has 1 aromatic carbocycles. The molecule has 0 saturated heterocycles. The van der Waals surface area contributed by atoms with E-state index in [1.54, 1.807) is 14.0 Å². The van der Waals surface area contributed by atoms with Crippen LogP contribution in [-0.2, 0) is 0 Å². The summed E-state index contributed by atoms with van der Waals surface area (Å²) in [5.74, 6) is 2.03. The van der Waals surface area contributed by atoms with Crippen LogP contribution in [0.5, 0.6) is 11.5 Å². The number of nitrogens with one attached hydrogen (secondary N) is 1. The number of H-pyrrole nitrogens is 1. The van der Waals surface area contributed by atoms with E-state index in [9.17, 15) is 4.79 Å². The maximum Gasteiger partial charge on any atom is 0.273 e. The number of aryl methyl sites for hydroxylation is 1. The summed E-state index contributed by atoms with van der Waals surface area (Å²) in [6.45, 7) is 2.09. The van der Waals surface area contributed by atoms with Gasteiger partial charge >= 0.3 is 0 Å². The molecule has 106 valence electrons. The van der Waals surface area contributed by atoms with Crippen molar-refractivity contribution in [1.82, 2.24) is 15.2 Å².